The Bertz CT molecular complexity index is 476. The summed E-state index contributed by atoms with van der Waals surface area (Å²) in [7, 11) is -0.758. The molecule has 98 valence electrons. The summed E-state index contributed by atoms with van der Waals surface area (Å²) < 4.78 is 21.7. The molecule has 1 aromatic rings. The van der Waals surface area contributed by atoms with Crippen LogP contribution >= 0.6 is 7.60 Å². The molecule has 0 atom stereocenters. The largest absolute Gasteiger partial charge is 0.355 e. The van der Waals surface area contributed by atoms with Crippen molar-refractivity contribution < 1.29 is 18.4 Å². The topological polar surface area (TPSA) is 64.6 Å². The number of benzene rings is 1. The molecule has 0 unspecified atom stereocenters. The maximum atomic E-state index is 12.0. The molecule has 0 aliphatic carbocycles. The molecule has 0 saturated carbocycles. The van der Waals surface area contributed by atoms with Crippen LogP contribution in [0.4, 0.5) is 0 Å². The molecule has 1 rings (SSSR count). The first-order valence-corrected chi connectivity index (χ1v) is 6.89. The number of carbonyl (C=O) groups is 1. The van der Waals surface area contributed by atoms with Crippen molar-refractivity contribution in [3.63, 3.8) is 0 Å². The lowest BCUT2D eigenvalue weighted by molar-refractivity contribution is -0.117. The highest BCUT2D eigenvalue weighted by molar-refractivity contribution is 7.57. The van der Waals surface area contributed by atoms with Crippen LogP contribution in [-0.2, 0) is 18.4 Å². The van der Waals surface area contributed by atoms with Crippen molar-refractivity contribution in [2.45, 2.75) is 6.92 Å². The SMILES string of the molecule is COP(=O)(/C=C(/NC(C)=O)c1ccccc1)OC. The number of hydrogen-bond donors (Lipinski definition) is 1. The van der Waals surface area contributed by atoms with Gasteiger partial charge in [0.1, 0.15) is 0 Å². The van der Waals surface area contributed by atoms with Crippen molar-refractivity contribution >= 4 is 19.2 Å². The number of amides is 1. The van der Waals surface area contributed by atoms with Gasteiger partial charge in [-0.15, -0.1) is 0 Å². The standard InChI is InChI=1S/C12H16NO4P/c1-10(14)13-12(9-18(15,16-2)17-3)11-7-5-4-6-8-11/h4-9H,1-3H3,(H,13,14)/b12-9+. The van der Waals surface area contributed by atoms with Crippen LogP contribution in [0.3, 0.4) is 0 Å². The Kier molecular flexibility index (Phi) is 5.28. The summed E-state index contributed by atoms with van der Waals surface area (Å²) in [6.45, 7) is 1.38. The number of nitrogens with one attached hydrogen (secondary N) is 1. The van der Waals surface area contributed by atoms with Gasteiger partial charge in [-0.2, -0.15) is 0 Å². The van der Waals surface area contributed by atoms with Gasteiger partial charge in [0, 0.05) is 21.1 Å². The van der Waals surface area contributed by atoms with E-state index in [1.807, 2.05) is 18.2 Å². The minimum absolute atomic E-state index is 0.260. The van der Waals surface area contributed by atoms with Crippen molar-refractivity contribution in [2.75, 3.05) is 14.2 Å². The maximum absolute atomic E-state index is 12.0. The van der Waals surface area contributed by atoms with E-state index in [4.69, 9.17) is 9.05 Å². The average Bonchev–Trinajstić information content (AvgIpc) is 2.38. The highest BCUT2D eigenvalue weighted by Gasteiger charge is 2.19. The van der Waals surface area contributed by atoms with Gasteiger partial charge >= 0.3 is 7.60 Å². The smallest absolute Gasteiger partial charge is 0.325 e. The van der Waals surface area contributed by atoms with Gasteiger partial charge in [-0.3, -0.25) is 9.36 Å². The molecule has 1 amide bonds. The second-order valence-corrected chi connectivity index (χ2v) is 5.56. The van der Waals surface area contributed by atoms with Crippen LogP contribution in [0.5, 0.6) is 0 Å². The van der Waals surface area contributed by atoms with Crippen LogP contribution in [0.1, 0.15) is 12.5 Å². The van der Waals surface area contributed by atoms with Crippen molar-refractivity contribution in [1.82, 2.24) is 5.32 Å². The third-order valence-electron chi connectivity index (χ3n) is 2.19. The predicted molar refractivity (Wildman–Crippen MR) is 69.9 cm³/mol. The molecule has 0 radical (unpaired) electrons. The van der Waals surface area contributed by atoms with Crippen LogP contribution in [0, 0.1) is 0 Å². The minimum atomic E-state index is -3.34. The molecular formula is C12H16NO4P. The zero-order chi connectivity index (χ0) is 13.6. The zero-order valence-electron chi connectivity index (χ0n) is 10.5. The van der Waals surface area contributed by atoms with Crippen LogP contribution in [-0.4, -0.2) is 20.1 Å². The van der Waals surface area contributed by atoms with Gasteiger partial charge < -0.3 is 14.4 Å². The molecular weight excluding hydrogens is 253 g/mol. The Labute approximate surface area is 106 Å². The van der Waals surface area contributed by atoms with E-state index in [1.165, 1.54) is 27.0 Å². The number of hydrogen-bond acceptors (Lipinski definition) is 4. The molecule has 0 aliphatic heterocycles. The molecule has 5 nitrogen and oxygen atoms in total. The van der Waals surface area contributed by atoms with Crippen molar-refractivity contribution in [3.05, 3.63) is 41.7 Å². The fourth-order valence-electron chi connectivity index (χ4n) is 1.32. The van der Waals surface area contributed by atoms with Crippen molar-refractivity contribution in [1.29, 1.82) is 0 Å². The highest BCUT2D eigenvalue weighted by atomic mass is 31.2. The van der Waals surface area contributed by atoms with Crippen LogP contribution < -0.4 is 5.32 Å². The number of rotatable bonds is 5. The average molecular weight is 269 g/mol. The molecule has 6 heteroatoms. The summed E-state index contributed by atoms with van der Waals surface area (Å²) in [5, 5.41) is 2.61. The molecule has 18 heavy (non-hydrogen) atoms. The Morgan fingerprint density at radius 2 is 1.78 bits per heavy atom. The van der Waals surface area contributed by atoms with Gasteiger partial charge in [-0.25, -0.2) is 0 Å². The van der Waals surface area contributed by atoms with Gasteiger partial charge in [-0.05, 0) is 5.56 Å². The Morgan fingerprint density at radius 3 is 2.22 bits per heavy atom. The van der Waals surface area contributed by atoms with Gasteiger partial charge in [0.25, 0.3) is 0 Å². The molecule has 0 fully saturated rings. The molecule has 1 aromatic carbocycles. The highest BCUT2D eigenvalue weighted by Crippen LogP contribution is 2.49. The Morgan fingerprint density at radius 1 is 1.22 bits per heavy atom. The van der Waals surface area contributed by atoms with E-state index in [0.29, 0.717) is 5.70 Å². The minimum Gasteiger partial charge on any atom is -0.325 e. The predicted octanol–water partition coefficient (Wildman–Crippen LogP) is 2.61. The molecule has 0 aromatic heterocycles. The van der Waals surface area contributed by atoms with E-state index < -0.39 is 7.60 Å². The zero-order valence-corrected chi connectivity index (χ0v) is 11.4. The second kappa shape index (κ2) is 6.50. The van der Waals surface area contributed by atoms with E-state index in [0.717, 1.165) is 5.56 Å². The summed E-state index contributed by atoms with van der Waals surface area (Å²) in [6, 6.07) is 9.06. The lowest BCUT2D eigenvalue weighted by Crippen LogP contribution is -2.18. The third kappa shape index (κ3) is 4.11. The first kappa shape index (κ1) is 14.6. The van der Waals surface area contributed by atoms with Crippen molar-refractivity contribution in [3.8, 4) is 0 Å². The first-order chi connectivity index (χ1) is 8.50. The van der Waals surface area contributed by atoms with E-state index in [-0.39, 0.29) is 5.91 Å². The third-order valence-corrected chi connectivity index (χ3v) is 3.78. The number of carbonyl (C=O) groups excluding carboxylic acids is 1. The molecule has 0 bridgehead atoms. The summed E-state index contributed by atoms with van der Waals surface area (Å²) in [4.78, 5) is 11.2. The molecule has 0 spiro atoms. The summed E-state index contributed by atoms with van der Waals surface area (Å²) >= 11 is 0. The Hall–Kier alpha value is -1.42. The van der Waals surface area contributed by atoms with E-state index in [2.05, 4.69) is 5.32 Å². The molecule has 0 heterocycles. The summed E-state index contributed by atoms with van der Waals surface area (Å²) in [6.07, 6.45) is 0. The molecule has 1 N–H and O–H groups in total. The Balaban J connectivity index is 3.18. The monoisotopic (exact) mass is 269 g/mol. The van der Waals surface area contributed by atoms with Crippen LogP contribution in [0.15, 0.2) is 36.1 Å². The van der Waals surface area contributed by atoms with Gasteiger partial charge in [0.2, 0.25) is 5.91 Å². The van der Waals surface area contributed by atoms with Gasteiger partial charge in [0.05, 0.1) is 11.5 Å². The van der Waals surface area contributed by atoms with E-state index in [9.17, 15) is 9.36 Å². The van der Waals surface area contributed by atoms with Crippen molar-refractivity contribution in [2.24, 2.45) is 0 Å². The van der Waals surface area contributed by atoms with Gasteiger partial charge in [-0.1, -0.05) is 30.3 Å². The summed E-state index contributed by atoms with van der Waals surface area (Å²) in [5.74, 6) is 1.04. The molecule has 0 aliphatic rings. The van der Waals surface area contributed by atoms with E-state index in [1.54, 1.807) is 12.1 Å². The quantitative estimate of drug-likeness (QED) is 0.834. The van der Waals surface area contributed by atoms with Gasteiger partial charge in [0.15, 0.2) is 0 Å². The second-order valence-electron chi connectivity index (χ2n) is 3.49. The van der Waals surface area contributed by atoms with Crippen LogP contribution in [0.25, 0.3) is 5.70 Å². The maximum Gasteiger partial charge on any atom is 0.355 e. The van der Waals surface area contributed by atoms with E-state index >= 15 is 0 Å². The fraction of sp³-hybridized carbons (Fsp3) is 0.250. The normalized spacial score (nSPS) is 12.3. The summed E-state index contributed by atoms with van der Waals surface area (Å²) in [5.41, 5.74) is 1.12. The first-order valence-electron chi connectivity index (χ1n) is 5.28. The van der Waals surface area contributed by atoms with Crippen LogP contribution in [0.2, 0.25) is 0 Å². The lowest BCUT2D eigenvalue weighted by Gasteiger charge is -2.13. The fourth-order valence-corrected chi connectivity index (χ4v) is 2.21. The lowest BCUT2D eigenvalue weighted by atomic mass is 10.2. The molecule has 0 saturated heterocycles.